The molecule has 20 heavy (non-hydrogen) atoms. The lowest BCUT2D eigenvalue weighted by atomic mass is 9.93. The van der Waals surface area contributed by atoms with Crippen molar-refractivity contribution in [3.63, 3.8) is 0 Å². The Balaban J connectivity index is 2.10. The molecule has 2 rings (SSSR count). The Morgan fingerprint density at radius 2 is 2.05 bits per heavy atom. The van der Waals surface area contributed by atoms with Crippen molar-refractivity contribution < 1.29 is 14.9 Å². The van der Waals surface area contributed by atoms with Crippen LogP contribution in [0.3, 0.4) is 0 Å². The summed E-state index contributed by atoms with van der Waals surface area (Å²) in [5.74, 6) is 0. The van der Waals surface area contributed by atoms with Crippen molar-refractivity contribution in [1.82, 2.24) is 0 Å². The zero-order chi connectivity index (χ0) is 14.8. The molecule has 1 fully saturated rings. The van der Waals surface area contributed by atoms with Crippen LogP contribution in [0.25, 0.3) is 0 Å². The van der Waals surface area contributed by atoms with Crippen LogP contribution in [0, 0.1) is 0 Å². The molecule has 0 bridgehead atoms. The van der Waals surface area contributed by atoms with Gasteiger partial charge in [-0.15, -0.1) is 0 Å². The molecule has 5 heteroatoms. The van der Waals surface area contributed by atoms with Crippen LogP contribution < -0.4 is 4.90 Å². The number of hydrogen-bond donors (Lipinski definition) is 2. The Hall–Kier alpha value is -0.620. The topological polar surface area (TPSA) is 52.9 Å². The lowest BCUT2D eigenvalue weighted by Crippen LogP contribution is -2.45. The van der Waals surface area contributed by atoms with Gasteiger partial charge in [-0.2, -0.15) is 0 Å². The molecular formula is C15H22BrNO3. The minimum atomic E-state index is -0.685. The Labute approximate surface area is 128 Å². The van der Waals surface area contributed by atoms with Crippen molar-refractivity contribution in [2.45, 2.75) is 31.5 Å². The van der Waals surface area contributed by atoms with Gasteiger partial charge in [0, 0.05) is 44.1 Å². The van der Waals surface area contributed by atoms with E-state index in [9.17, 15) is 10.2 Å². The summed E-state index contributed by atoms with van der Waals surface area (Å²) >= 11 is 3.54. The minimum absolute atomic E-state index is 0.481. The van der Waals surface area contributed by atoms with Crippen LogP contribution in [-0.4, -0.2) is 42.6 Å². The molecule has 0 radical (unpaired) electrons. The second kappa shape index (κ2) is 6.43. The van der Waals surface area contributed by atoms with Crippen LogP contribution in [0.4, 0.5) is 5.69 Å². The molecule has 0 aliphatic carbocycles. The van der Waals surface area contributed by atoms with Crippen LogP contribution >= 0.6 is 15.9 Å². The standard InChI is InChI=1S/C15H22BrNO3/c1-11(18)12-3-4-14(13(16)9-12)17(2)10-15(19)5-7-20-8-6-15/h3-4,9,11,18-19H,5-8,10H2,1-2H3. The summed E-state index contributed by atoms with van der Waals surface area (Å²) in [7, 11) is 1.97. The van der Waals surface area contributed by atoms with E-state index in [1.165, 1.54) is 0 Å². The van der Waals surface area contributed by atoms with Gasteiger partial charge in [0.2, 0.25) is 0 Å². The largest absolute Gasteiger partial charge is 0.389 e. The molecule has 0 spiro atoms. The molecule has 4 nitrogen and oxygen atoms in total. The summed E-state index contributed by atoms with van der Waals surface area (Å²) in [5, 5.41) is 20.2. The number of aliphatic hydroxyl groups excluding tert-OH is 1. The highest BCUT2D eigenvalue weighted by Gasteiger charge is 2.31. The summed E-state index contributed by atoms with van der Waals surface area (Å²) < 4.78 is 6.23. The molecule has 0 saturated carbocycles. The number of benzene rings is 1. The molecule has 1 heterocycles. The molecule has 1 aliphatic rings. The molecule has 2 N–H and O–H groups in total. The number of nitrogens with zero attached hydrogens (tertiary/aromatic N) is 1. The van der Waals surface area contributed by atoms with Gasteiger partial charge in [0.05, 0.1) is 17.4 Å². The third-order valence-corrected chi connectivity index (χ3v) is 4.46. The van der Waals surface area contributed by atoms with Gasteiger partial charge in [0.25, 0.3) is 0 Å². The fourth-order valence-corrected chi connectivity index (χ4v) is 3.23. The number of ether oxygens (including phenoxy) is 1. The molecule has 1 aliphatic heterocycles. The van der Waals surface area contributed by atoms with Gasteiger partial charge in [0.15, 0.2) is 0 Å². The quantitative estimate of drug-likeness (QED) is 0.881. The van der Waals surface area contributed by atoms with Gasteiger partial charge >= 0.3 is 0 Å². The third kappa shape index (κ3) is 3.73. The predicted octanol–water partition coefficient (Wildman–Crippen LogP) is 2.48. The number of anilines is 1. The normalized spacial score (nSPS) is 19.6. The zero-order valence-electron chi connectivity index (χ0n) is 12.0. The number of hydrogen-bond acceptors (Lipinski definition) is 4. The third-order valence-electron chi connectivity index (χ3n) is 3.82. The van der Waals surface area contributed by atoms with E-state index in [2.05, 4.69) is 15.9 Å². The zero-order valence-corrected chi connectivity index (χ0v) is 13.6. The highest BCUT2D eigenvalue weighted by atomic mass is 79.9. The maximum atomic E-state index is 10.6. The van der Waals surface area contributed by atoms with Gasteiger partial charge in [0.1, 0.15) is 0 Å². The van der Waals surface area contributed by atoms with Crippen LogP contribution in [0.2, 0.25) is 0 Å². The highest BCUT2D eigenvalue weighted by Crippen LogP contribution is 2.31. The van der Waals surface area contributed by atoms with E-state index in [1.807, 2.05) is 30.1 Å². The first-order valence-electron chi connectivity index (χ1n) is 6.90. The van der Waals surface area contributed by atoms with Gasteiger partial charge in [-0.3, -0.25) is 0 Å². The second-order valence-corrected chi connectivity index (χ2v) is 6.43. The van der Waals surface area contributed by atoms with Gasteiger partial charge < -0.3 is 19.8 Å². The number of likely N-dealkylation sites (N-methyl/N-ethyl adjacent to an activating group) is 1. The van der Waals surface area contributed by atoms with Crippen LogP contribution in [0.1, 0.15) is 31.4 Å². The first-order chi connectivity index (χ1) is 9.41. The van der Waals surface area contributed by atoms with Gasteiger partial charge in [-0.05, 0) is 40.5 Å². The fourth-order valence-electron chi connectivity index (χ4n) is 2.53. The Kier molecular flexibility index (Phi) is 5.07. The molecule has 1 aromatic carbocycles. The van der Waals surface area contributed by atoms with E-state index in [1.54, 1.807) is 6.92 Å². The molecule has 0 aromatic heterocycles. The van der Waals surface area contributed by atoms with Crippen molar-refractivity contribution in [2.24, 2.45) is 0 Å². The summed E-state index contributed by atoms with van der Waals surface area (Å²) in [6.07, 6.45) is 0.854. The Morgan fingerprint density at radius 1 is 1.40 bits per heavy atom. The van der Waals surface area contributed by atoms with E-state index in [0.717, 1.165) is 15.7 Å². The minimum Gasteiger partial charge on any atom is -0.389 e. The van der Waals surface area contributed by atoms with Gasteiger partial charge in [-0.25, -0.2) is 0 Å². The fraction of sp³-hybridized carbons (Fsp3) is 0.600. The molecule has 112 valence electrons. The lowest BCUT2D eigenvalue weighted by Gasteiger charge is -2.36. The van der Waals surface area contributed by atoms with Crippen LogP contribution in [0.5, 0.6) is 0 Å². The average molecular weight is 344 g/mol. The predicted molar refractivity (Wildman–Crippen MR) is 83.0 cm³/mol. The van der Waals surface area contributed by atoms with Crippen LogP contribution in [-0.2, 0) is 4.74 Å². The average Bonchev–Trinajstić information content (AvgIpc) is 2.38. The number of halogens is 1. The SMILES string of the molecule is CC(O)c1ccc(N(C)CC2(O)CCOCC2)c(Br)c1. The van der Waals surface area contributed by atoms with E-state index >= 15 is 0 Å². The lowest BCUT2D eigenvalue weighted by molar-refractivity contribution is -0.0572. The van der Waals surface area contributed by atoms with E-state index in [4.69, 9.17) is 4.74 Å². The maximum absolute atomic E-state index is 10.6. The molecule has 1 atom stereocenters. The summed E-state index contributed by atoms with van der Waals surface area (Å²) in [5.41, 5.74) is 1.20. The van der Waals surface area contributed by atoms with Crippen molar-refractivity contribution in [2.75, 3.05) is 31.7 Å². The number of aliphatic hydroxyl groups is 2. The Bertz CT molecular complexity index is 458. The van der Waals surface area contributed by atoms with Crippen molar-refractivity contribution >= 4 is 21.6 Å². The first-order valence-corrected chi connectivity index (χ1v) is 7.69. The molecular weight excluding hydrogens is 322 g/mol. The van der Waals surface area contributed by atoms with Crippen molar-refractivity contribution in [3.8, 4) is 0 Å². The Morgan fingerprint density at radius 3 is 2.60 bits per heavy atom. The molecule has 1 aromatic rings. The van der Waals surface area contributed by atoms with Crippen molar-refractivity contribution in [3.05, 3.63) is 28.2 Å². The second-order valence-electron chi connectivity index (χ2n) is 5.58. The first kappa shape index (κ1) is 15.8. The smallest absolute Gasteiger partial charge is 0.0865 e. The van der Waals surface area contributed by atoms with E-state index < -0.39 is 11.7 Å². The highest BCUT2D eigenvalue weighted by molar-refractivity contribution is 9.10. The summed E-state index contributed by atoms with van der Waals surface area (Å²) in [6, 6.07) is 5.80. The monoisotopic (exact) mass is 343 g/mol. The van der Waals surface area contributed by atoms with Gasteiger partial charge in [-0.1, -0.05) is 6.07 Å². The molecule has 0 amide bonds. The molecule has 1 unspecified atom stereocenters. The number of rotatable bonds is 4. The van der Waals surface area contributed by atoms with E-state index in [-0.39, 0.29) is 0 Å². The molecule has 1 saturated heterocycles. The van der Waals surface area contributed by atoms with E-state index in [0.29, 0.717) is 32.6 Å². The summed E-state index contributed by atoms with van der Waals surface area (Å²) in [6.45, 7) is 3.55. The van der Waals surface area contributed by atoms with Crippen LogP contribution in [0.15, 0.2) is 22.7 Å². The summed E-state index contributed by atoms with van der Waals surface area (Å²) in [4.78, 5) is 2.04. The van der Waals surface area contributed by atoms with Crippen molar-refractivity contribution in [1.29, 1.82) is 0 Å². The maximum Gasteiger partial charge on any atom is 0.0865 e.